The average Bonchev–Trinajstić information content (AvgIpc) is 3.26. The number of rotatable bonds is 6. The molecule has 130 valence electrons. The molecule has 0 atom stereocenters. The molecule has 1 aromatic carbocycles. The molecule has 0 bridgehead atoms. The van der Waals surface area contributed by atoms with Gasteiger partial charge in [-0.1, -0.05) is 6.07 Å². The van der Waals surface area contributed by atoms with Crippen LogP contribution in [0.3, 0.4) is 0 Å². The lowest BCUT2D eigenvalue weighted by Gasteiger charge is -2.16. The van der Waals surface area contributed by atoms with Gasteiger partial charge in [-0.05, 0) is 36.8 Å². The molecule has 0 unspecified atom stereocenters. The van der Waals surface area contributed by atoms with Crippen molar-refractivity contribution in [1.82, 2.24) is 5.32 Å². The second-order valence-electron chi connectivity index (χ2n) is 5.73. The lowest BCUT2D eigenvalue weighted by molar-refractivity contribution is -0.117. The van der Waals surface area contributed by atoms with E-state index >= 15 is 0 Å². The van der Waals surface area contributed by atoms with Gasteiger partial charge in [0.05, 0.1) is 6.26 Å². The topological polar surface area (TPSA) is 91.7 Å². The number of hydrogen-bond donors (Lipinski definition) is 2. The predicted molar refractivity (Wildman–Crippen MR) is 92.3 cm³/mol. The van der Waals surface area contributed by atoms with Gasteiger partial charge in [0.2, 0.25) is 11.8 Å². The van der Waals surface area contributed by atoms with Crippen molar-refractivity contribution >= 4 is 29.1 Å². The minimum atomic E-state index is -0.354. The molecule has 1 saturated heterocycles. The van der Waals surface area contributed by atoms with E-state index < -0.39 is 0 Å². The number of nitrogens with one attached hydrogen (secondary N) is 2. The van der Waals surface area contributed by atoms with Gasteiger partial charge in [-0.15, -0.1) is 0 Å². The Balaban J connectivity index is 1.49. The Bertz CT molecular complexity index is 770. The number of hydrogen-bond acceptors (Lipinski definition) is 4. The number of benzene rings is 1. The van der Waals surface area contributed by atoms with E-state index in [0.717, 1.165) is 12.1 Å². The maximum Gasteiger partial charge on any atom is 0.286 e. The van der Waals surface area contributed by atoms with Crippen LogP contribution in [-0.4, -0.2) is 30.8 Å². The van der Waals surface area contributed by atoms with Gasteiger partial charge in [0.15, 0.2) is 5.76 Å². The third-order valence-electron chi connectivity index (χ3n) is 3.90. The molecule has 25 heavy (non-hydrogen) atoms. The Labute approximate surface area is 145 Å². The quantitative estimate of drug-likeness (QED) is 0.842. The highest BCUT2D eigenvalue weighted by Crippen LogP contribution is 2.24. The van der Waals surface area contributed by atoms with E-state index in [1.54, 1.807) is 35.2 Å². The third kappa shape index (κ3) is 4.26. The van der Waals surface area contributed by atoms with Crippen molar-refractivity contribution < 1.29 is 18.8 Å². The SMILES string of the molecule is O=C(CCNC(=O)c1ccco1)Nc1cccc(N2CCCC2=O)c1. The first kappa shape index (κ1) is 16.8. The van der Waals surface area contributed by atoms with Crippen molar-refractivity contribution in [2.45, 2.75) is 19.3 Å². The average molecular weight is 341 g/mol. The zero-order valence-corrected chi connectivity index (χ0v) is 13.7. The lowest BCUT2D eigenvalue weighted by Crippen LogP contribution is -2.27. The zero-order valence-electron chi connectivity index (χ0n) is 13.7. The molecule has 7 nitrogen and oxygen atoms in total. The van der Waals surface area contributed by atoms with E-state index in [-0.39, 0.29) is 36.4 Å². The molecule has 1 fully saturated rings. The smallest absolute Gasteiger partial charge is 0.286 e. The zero-order chi connectivity index (χ0) is 17.6. The fourth-order valence-electron chi connectivity index (χ4n) is 2.68. The van der Waals surface area contributed by atoms with Crippen LogP contribution in [0.5, 0.6) is 0 Å². The largest absolute Gasteiger partial charge is 0.459 e. The van der Waals surface area contributed by atoms with Crippen molar-refractivity contribution in [1.29, 1.82) is 0 Å². The molecule has 0 spiro atoms. The summed E-state index contributed by atoms with van der Waals surface area (Å²) in [4.78, 5) is 37.2. The highest BCUT2D eigenvalue weighted by molar-refractivity contribution is 5.97. The van der Waals surface area contributed by atoms with Crippen molar-refractivity contribution in [3.63, 3.8) is 0 Å². The Kier molecular flexibility index (Phi) is 5.13. The molecule has 2 heterocycles. The maximum absolute atomic E-state index is 12.0. The molecule has 3 amide bonds. The molecule has 0 saturated carbocycles. The Hall–Kier alpha value is -3.09. The van der Waals surface area contributed by atoms with Crippen LogP contribution in [0.2, 0.25) is 0 Å². The van der Waals surface area contributed by atoms with Gasteiger partial charge >= 0.3 is 0 Å². The molecular formula is C18H19N3O4. The Morgan fingerprint density at radius 2 is 2.08 bits per heavy atom. The van der Waals surface area contributed by atoms with E-state index in [1.165, 1.54) is 6.26 Å². The minimum Gasteiger partial charge on any atom is -0.459 e. The molecule has 1 aromatic heterocycles. The standard InChI is InChI=1S/C18H19N3O4/c22-16(8-9-19-18(24)15-6-3-11-25-15)20-13-4-1-5-14(12-13)21-10-2-7-17(21)23/h1,3-6,11-12H,2,7-10H2,(H,19,24)(H,20,22). The van der Waals surface area contributed by atoms with Crippen LogP contribution in [0.15, 0.2) is 47.1 Å². The van der Waals surface area contributed by atoms with Crippen LogP contribution in [0.4, 0.5) is 11.4 Å². The molecule has 2 N–H and O–H groups in total. The summed E-state index contributed by atoms with van der Waals surface area (Å²) in [5.74, 6) is -0.260. The summed E-state index contributed by atoms with van der Waals surface area (Å²) >= 11 is 0. The molecule has 0 radical (unpaired) electrons. The van der Waals surface area contributed by atoms with Crippen LogP contribution >= 0.6 is 0 Å². The Morgan fingerprint density at radius 1 is 1.20 bits per heavy atom. The second kappa shape index (κ2) is 7.65. The minimum absolute atomic E-state index is 0.101. The van der Waals surface area contributed by atoms with Gasteiger partial charge in [0.1, 0.15) is 0 Å². The summed E-state index contributed by atoms with van der Waals surface area (Å²) in [7, 11) is 0. The summed E-state index contributed by atoms with van der Waals surface area (Å²) in [5, 5.41) is 5.39. The maximum atomic E-state index is 12.0. The van der Waals surface area contributed by atoms with E-state index in [9.17, 15) is 14.4 Å². The van der Waals surface area contributed by atoms with Crippen LogP contribution in [0.25, 0.3) is 0 Å². The molecule has 7 heteroatoms. The lowest BCUT2D eigenvalue weighted by atomic mass is 10.2. The summed E-state index contributed by atoms with van der Waals surface area (Å²) < 4.78 is 4.97. The summed E-state index contributed by atoms with van der Waals surface area (Å²) in [6, 6.07) is 10.4. The number of amides is 3. The third-order valence-corrected chi connectivity index (χ3v) is 3.90. The van der Waals surface area contributed by atoms with Crippen molar-refractivity contribution in [3.8, 4) is 0 Å². The first-order valence-corrected chi connectivity index (χ1v) is 8.15. The van der Waals surface area contributed by atoms with E-state index in [1.807, 2.05) is 6.07 Å². The first-order chi connectivity index (χ1) is 12.1. The van der Waals surface area contributed by atoms with Gasteiger partial charge < -0.3 is 20.0 Å². The predicted octanol–water partition coefficient (Wildman–Crippen LogP) is 2.17. The summed E-state index contributed by atoms with van der Waals surface area (Å²) in [6.45, 7) is 0.907. The number of nitrogens with zero attached hydrogens (tertiary/aromatic N) is 1. The number of anilines is 2. The van der Waals surface area contributed by atoms with Gasteiger partial charge in [-0.3, -0.25) is 14.4 Å². The number of carbonyl (C=O) groups is 3. The first-order valence-electron chi connectivity index (χ1n) is 8.15. The molecule has 3 rings (SSSR count). The van der Waals surface area contributed by atoms with Crippen LogP contribution in [-0.2, 0) is 9.59 Å². The molecule has 1 aliphatic rings. The normalized spacial score (nSPS) is 13.8. The van der Waals surface area contributed by atoms with Gasteiger partial charge in [0, 0.05) is 37.3 Å². The van der Waals surface area contributed by atoms with Crippen molar-refractivity contribution in [2.75, 3.05) is 23.3 Å². The fourth-order valence-corrected chi connectivity index (χ4v) is 2.68. The van der Waals surface area contributed by atoms with Gasteiger partial charge in [-0.2, -0.15) is 0 Å². The van der Waals surface area contributed by atoms with E-state index in [2.05, 4.69) is 10.6 Å². The monoisotopic (exact) mass is 341 g/mol. The van der Waals surface area contributed by atoms with Gasteiger partial charge in [0.25, 0.3) is 5.91 Å². The summed E-state index contributed by atoms with van der Waals surface area (Å²) in [5.41, 5.74) is 1.41. The molecule has 1 aliphatic heterocycles. The highest BCUT2D eigenvalue weighted by Gasteiger charge is 2.21. The van der Waals surface area contributed by atoms with Crippen LogP contribution in [0, 0.1) is 0 Å². The van der Waals surface area contributed by atoms with Crippen LogP contribution < -0.4 is 15.5 Å². The molecule has 2 aromatic rings. The molecular weight excluding hydrogens is 322 g/mol. The fraction of sp³-hybridized carbons (Fsp3) is 0.278. The molecule has 0 aliphatic carbocycles. The van der Waals surface area contributed by atoms with E-state index in [4.69, 9.17) is 4.42 Å². The Morgan fingerprint density at radius 3 is 2.80 bits per heavy atom. The number of furan rings is 1. The summed E-state index contributed by atoms with van der Waals surface area (Å²) in [6.07, 6.45) is 2.97. The second-order valence-corrected chi connectivity index (χ2v) is 5.73. The highest BCUT2D eigenvalue weighted by atomic mass is 16.3. The number of carbonyl (C=O) groups excluding carboxylic acids is 3. The van der Waals surface area contributed by atoms with Crippen LogP contribution in [0.1, 0.15) is 29.8 Å². The van der Waals surface area contributed by atoms with E-state index in [0.29, 0.717) is 18.7 Å². The van der Waals surface area contributed by atoms with Crippen molar-refractivity contribution in [2.24, 2.45) is 0 Å². The van der Waals surface area contributed by atoms with Gasteiger partial charge in [-0.25, -0.2) is 0 Å². The van der Waals surface area contributed by atoms with Crippen molar-refractivity contribution in [3.05, 3.63) is 48.4 Å².